The summed E-state index contributed by atoms with van der Waals surface area (Å²) >= 11 is 0. The van der Waals surface area contributed by atoms with Crippen molar-refractivity contribution >= 4 is 27.5 Å². The minimum Gasteiger partial charge on any atom is -0.355 e. The Balaban J connectivity index is 1.81. The Morgan fingerprint density at radius 2 is 1.36 bits per heavy atom. The SMILES string of the molecule is CCNC(=O)[C@H](Cc1ccccc1)N(Cc1ccccc1)C(=O)CN(c1cccc(C(F)(F)F)c1)S(=O)(=O)c1ccccc1. The fourth-order valence-corrected chi connectivity index (χ4v) is 6.14. The quantitative estimate of drug-likeness (QED) is 0.220. The van der Waals surface area contributed by atoms with Crippen molar-refractivity contribution in [3.8, 4) is 0 Å². The van der Waals surface area contributed by atoms with E-state index in [1.54, 1.807) is 55.5 Å². The van der Waals surface area contributed by atoms with E-state index in [0.29, 0.717) is 15.9 Å². The van der Waals surface area contributed by atoms with Gasteiger partial charge in [0.1, 0.15) is 12.6 Å². The highest BCUT2D eigenvalue weighted by atomic mass is 32.2. The number of benzene rings is 4. The number of carbonyl (C=O) groups excluding carboxylic acids is 2. The Bertz CT molecular complexity index is 1650. The van der Waals surface area contributed by atoms with E-state index in [0.717, 1.165) is 17.7 Å². The fourth-order valence-electron chi connectivity index (χ4n) is 4.71. The zero-order valence-electron chi connectivity index (χ0n) is 23.9. The normalized spacial score (nSPS) is 12.3. The van der Waals surface area contributed by atoms with Gasteiger partial charge in [-0.1, -0.05) is 84.9 Å². The van der Waals surface area contributed by atoms with E-state index in [-0.39, 0.29) is 30.1 Å². The van der Waals surface area contributed by atoms with Crippen LogP contribution >= 0.6 is 0 Å². The molecule has 11 heteroatoms. The lowest BCUT2D eigenvalue weighted by atomic mass is 10.0. The summed E-state index contributed by atoms with van der Waals surface area (Å²) in [5, 5.41) is 2.76. The molecule has 0 saturated heterocycles. The van der Waals surface area contributed by atoms with Gasteiger partial charge in [0.05, 0.1) is 16.1 Å². The highest BCUT2D eigenvalue weighted by Gasteiger charge is 2.36. The van der Waals surface area contributed by atoms with E-state index in [2.05, 4.69) is 5.32 Å². The van der Waals surface area contributed by atoms with Crippen LogP contribution in [-0.4, -0.2) is 44.3 Å². The molecule has 0 fully saturated rings. The number of likely N-dealkylation sites (N-methyl/N-ethyl adjacent to an activating group) is 1. The predicted molar refractivity (Wildman–Crippen MR) is 162 cm³/mol. The van der Waals surface area contributed by atoms with Crippen LogP contribution in [0.1, 0.15) is 23.6 Å². The molecule has 2 amide bonds. The number of carbonyl (C=O) groups is 2. The number of hydrogen-bond acceptors (Lipinski definition) is 4. The number of anilines is 1. The summed E-state index contributed by atoms with van der Waals surface area (Å²) in [6.45, 7) is 1.13. The van der Waals surface area contributed by atoms with Gasteiger partial charge in [-0.3, -0.25) is 13.9 Å². The molecule has 0 aromatic heterocycles. The lowest BCUT2D eigenvalue weighted by Gasteiger charge is -2.34. The molecular weight excluding hydrogens is 591 g/mol. The summed E-state index contributed by atoms with van der Waals surface area (Å²) < 4.78 is 69.5. The molecule has 0 aliphatic carbocycles. The zero-order chi connectivity index (χ0) is 31.7. The molecule has 0 aliphatic rings. The lowest BCUT2D eigenvalue weighted by molar-refractivity contribution is -0.140. The molecule has 0 bridgehead atoms. The molecule has 4 aromatic carbocycles. The third kappa shape index (κ3) is 8.04. The third-order valence-corrected chi connectivity index (χ3v) is 8.68. The first-order valence-electron chi connectivity index (χ1n) is 13.9. The molecule has 0 unspecified atom stereocenters. The molecule has 0 spiro atoms. The molecule has 1 atom stereocenters. The van der Waals surface area contributed by atoms with Gasteiger partial charge in [-0.25, -0.2) is 8.42 Å². The highest BCUT2D eigenvalue weighted by molar-refractivity contribution is 7.92. The van der Waals surface area contributed by atoms with Crippen LogP contribution in [0.5, 0.6) is 0 Å². The van der Waals surface area contributed by atoms with Gasteiger partial charge < -0.3 is 10.2 Å². The van der Waals surface area contributed by atoms with Crippen molar-refractivity contribution in [3.63, 3.8) is 0 Å². The lowest BCUT2D eigenvalue weighted by Crippen LogP contribution is -2.53. The van der Waals surface area contributed by atoms with Crippen LogP contribution in [-0.2, 0) is 38.8 Å². The zero-order valence-corrected chi connectivity index (χ0v) is 24.8. The van der Waals surface area contributed by atoms with Crippen LogP contribution in [0.2, 0.25) is 0 Å². The summed E-state index contributed by atoms with van der Waals surface area (Å²) in [6, 6.07) is 27.8. The maximum atomic E-state index is 14.2. The van der Waals surface area contributed by atoms with Crippen LogP contribution in [0.15, 0.2) is 120 Å². The molecule has 1 N–H and O–H groups in total. The second-order valence-corrected chi connectivity index (χ2v) is 11.8. The number of alkyl halides is 3. The summed E-state index contributed by atoms with van der Waals surface area (Å²) in [7, 11) is -4.51. The number of rotatable bonds is 12. The molecule has 0 saturated carbocycles. The number of hydrogen-bond donors (Lipinski definition) is 1. The van der Waals surface area contributed by atoms with Crippen molar-refractivity contribution in [3.05, 3.63) is 132 Å². The second-order valence-electron chi connectivity index (χ2n) is 9.98. The first-order valence-corrected chi connectivity index (χ1v) is 15.3. The Kier molecular flexibility index (Phi) is 10.4. The van der Waals surface area contributed by atoms with E-state index < -0.39 is 46.2 Å². The van der Waals surface area contributed by atoms with Crippen molar-refractivity contribution in [1.29, 1.82) is 0 Å². The minimum atomic E-state index is -4.75. The van der Waals surface area contributed by atoms with Crippen LogP contribution in [0.4, 0.5) is 18.9 Å². The van der Waals surface area contributed by atoms with Crippen LogP contribution in [0, 0.1) is 0 Å². The van der Waals surface area contributed by atoms with E-state index in [1.807, 2.05) is 18.2 Å². The van der Waals surface area contributed by atoms with Crippen LogP contribution < -0.4 is 9.62 Å². The maximum Gasteiger partial charge on any atom is 0.416 e. The van der Waals surface area contributed by atoms with E-state index in [9.17, 15) is 31.2 Å². The summed E-state index contributed by atoms with van der Waals surface area (Å²) in [5.41, 5.74) is 0.0384. The average Bonchev–Trinajstić information content (AvgIpc) is 3.02. The predicted octanol–water partition coefficient (Wildman–Crippen LogP) is 5.68. The second kappa shape index (κ2) is 14.2. The highest BCUT2D eigenvalue weighted by Crippen LogP contribution is 2.33. The van der Waals surface area contributed by atoms with Gasteiger partial charge in [0.15, 0.2) is 0 Å². The molecule has 0 aliphatic heterocycles. The molecular formula is C33H32F3N3O4S. The Hall–Kier alpha value is -4.64. The maximum absolute atomic E-state index is 14.2. The minimum absolute atomic E-state index is 0.0455. The van der Waals surface area contributed by atoms with Gasteiger partial charge in [-0.05, 0) is 48.4 Å². The van der Waals surface area contributed by atoms with Gasteiger partial charge in [0, 0.05) is 19.5 Å². The summed E-state index contributed by atoms with van der Waals surface area (Å²) in [5.74, 6) is -1.21. The first-order chi connectivity index (χ1) is 21.0. The van der Waals surface area contributed by atoms with Gasteiger partial charge in [0.2, 0.25) is 11.8 Å². The van der Waals surface area contributed by atoms with E-state index in [1.165, 1.54) is 35.2 Å². The number of nitrogens with zero attached hydrogens (tertiary/aromatic N) is 2. The van der Waals surface area contributed by atoms with Gasteiger partial charge in [-0.2, -0.15) is 13.2 Å². The van der Waals surface area contributed by atoms with Gasteiger partial charge >= 0.3 is 6.18 Å². The van der Waals surface area contributed by atoms with Crippen molar-refractivity contribution in [1.82, 2.24) is 10.2 Å². The van der Waals surface area contributed by atoms with Gasteiger partial charge in [0.25, 0.3) is 10.0 Å². The summed E-state index contributed by atoms with van der Waals surface area (Å²) in [4.78, 5) is 28.8. The van der Waals surface area contributed by atoms with Crippen molar-refractivity contribution in [2.45, 2.75) is 37.0 Å². The Labute approximate surface area is 255 Å². The van der Waals surface area contributed by atoms with Gasteiger partial charge in [-0.15, -0.1) is 0 Å². The molecule has 230 valence electrons. The fraction of sp³-hybridized carbons (Fsp3) is 0.212. The van der Waals surface area contributed by atoms with Crippen molar-refractivity contribution < 1.29 is 31.2 Å². The summed E-state index contributed by atoms with van der Waals surface area (Å²) in [6.07, 6.45) is -4.62. The largest absolute Gasteiger partial charge is 0.416 e. The van der Waals surface area contributed by atoms with Crippen LogP contribution in [0.25, 0.3) is 0 Å². The Morgan fingerprint density at radius 3 is 1.93 bits per heavy atom. The standard InChI is InChI=1S/C33H32F3N3O4S/c1-2-37-32(41)30(21-25-13-6-3-7-14-25)38(23-26-15-8-4-9-16-26)31(40)24-39(44(42,43)29-19-10-5-11-20-29)28-18-12-17-27(22-28)33(34,35)36/h3-20,22,30H,2,21,23-24H2,1H3,(H,37,41)/t30-/m0/s1. The van der Waals surface area contributed by atoms with Crippen molar-refractivity contribution in [2.75, 3.05) is 17.4 Å². The molecule has 44 heavy (non-hydrogen) atoms. The molecule has 4 aromatic rings. The molecule has 0 heterocycles. The molecule has 0 radical (unpaired) electrons. The third-order valence-electron chi connectivity index (χ3n) is 6.89. The number of amides is 2. The van der Waals surface area contributed by atoms with Crippen molar-refractivity contribution in [2.24, 2.45) is 0 Å². The number of sulfonamides is 1. The number of nitrogens with one attached hydrogen (secondary N) is 1. The molecule has 7 nitrogen and oxygen atoms in total. The van der Waals surface area contributed by atoms with E-state index >= 15 is 0 Å². The monoisotopic (exact) mass is 623 g/mol. The van der Waals surface area contributed by atoms with Crippen LogP contribution in [0.3, 0.4) is 0 Å². The number of halogens is 3. The first kappa shape index (κ1) is 32.3. The van der Waals surface area contributed by atoms with E-state index in [4.69, 9.17) is 0 Å². The Morgan fingerprint density at radius 1 is 0.795 bits per heavy atom. The molecule has 4 rings (SSSR count). The average molecular weight is 624 g/mol. The topological polar surface area (TPSA) is 86.8 Å². The smallest absolute Gasteiger partial charge is 0.355 e.